The van der Waals surface area contributed by atoms with Gasteiger partial charge in [-0.3, -0.25) is 9.78 Å². The molecule has 0 unspecified atom stereocenters. The van der Waals surface area contributed by atoms with E-state index in [1.54, 1.807) is 23.4 Å². The van der Waals surface area contributed by atoms with Gasteiger partial charge in [0.1, 0.15) is 10.8 Å². The molecule has 6 heteroatoms. The van der Waals surface area contributed by atoms with Crippen molar-refractivity contribution >= 4 is 22.9 Å². The van der Waals surface area contributed by atoms with Crippen LogP contribution in [0.3, 0.4) is 0 Å². The van der Waals surface area contributed by atoms with Gasteiger partial charge in [-0.15, -0.1) is 11.3 Å². The van der Waals surface area contributed by atoms with Crippen LogP contribution in [0.1, 0.15) is 17.7 Å². The summed E-state index contributed by atoms with van der Waals surface area (Å²) in [6.45, 7) is 0.548. The highest BCUT2D eigenvalue weighted by Gasteiger charge is 2.26. The third-order valence-corrected chi connectivity index (χ3v) is 5.20. The third kappa shape index (κ3) is 3.17. The maximum absolute atomic E-state index is 14.2. The summed E-state index contributed by atoms with van der Waals surface area (Å²) >= 11 is 1.48. The number of benzene rings is 1. The van der Waals surface area contributed by atoms with Crippen LogP contribution in [0.25, 0.3) is 10.6 Å². The number of halogens is 1. The minimum Gasteiger partial charge on any atom is -0.309 e. The van der Waals surface area contributed by atoms with Gasteiger partial charge in [0.15, 0.2) is 0 Å². The van der Waals surface area contributed by atoms with E-state index in [2.05, 4.69) is 9.97 Å². The van der Waals surface area contributed by atoms with Crippen LogP contribution < -0.4 is 4.90 Å². The van der Waals surface area contributed by atoms with Crippen molar-refractivity contribution in [2.24, 2.45) is 0 Å². The molecule has 1 aliphatic heterocycles. The molecular weight excluding hydrogens is 337 g/mol. The lowest BCUT2D eigenvalue weighted by atomic mass is 10.0. The number of rotatable bonds is 3. The van der Waals surface area contributed by atoms with Crippen LogP contribution in [0, 0.1) is 5.82 Å². The molecule has 4 nitrogen and oxygen atoms in total. The summed E-state index contributed by atoms with van der Waals surface area (Å²) in [5, 5.41) is 2.72. The van der Waals surface area contributed by atoms with Gasteiger partial charge in [-0.25, -0.2) is 9.37 Å². The minimum atomic E-state index is -0.333. The van der Waals surface area contributed by atoms with E-state index in [0.717, 1.165) is 29.0 Å². The highest BCUT2D eigenvalue weighted by molar-refractivity contribution is 7.13. The average Bonchev–Trinajstić information content (AvgIpc) is 3.11. The van der Waals surface area contributed by atoms with E-state index >= 15 is 0 Å². The summed E-state index contributed by atoms with van der Waals surface area (Å²) in [4.78, 5) is 22.9. The van der Waals surface area contributed by atoms with Gasteiger partial charge in [0.25, 0.3) is 0 Å². The molecule has 0 fully saturated rings. The van der Waals surface area contributed by atoms with E-state index in [1.807, 2.05) is 23.6 Å². The molecule has 126 valence electrons. The molecule has 0 bridgehead atoms. The van der Waals surface area contributed by atoms with Crippen LogP contribution in [0.4, 0.5) is 10.1 Å². The van der Waals surface area contributed by atoms with Gasteiger partial charge >= 0.3 is 0 Å². The Balaban J connectivity index is 1.55. The van der Waals surface area contributed by atoms with E-state index in [-0.39, 0.29) is 18.1 Å². The molecule has 0 saturated heterocycles. The van der Waals surface area contributed by atoms with E-state index < -0.39 is 0 Å². The highest BCUT2D eigenvalue weighted by Crippen LogP contribution is 2.31. The molecule has 0 saturated carbocycles. The summed E-state index contributed by atoms with van der Waals surface area (Å²) in [7, 11) is 0. The van der Waals surface area contributed by atoms with Gasteiger partial charge in [-0.1, -0.05) is 12.1 Å². The highest BCUT2D eigenvalue weighted by atomic mass is 32.1. The first-order chi connectivity index (χ1) is 12.2. The molecule has 0 spiro atoms. The molecule has 0 atom stereocenters. The zero-order valence-corrected chi connectivity index (χ0v) is 14.3. The number of carbonyl (C=O) groups excluding carboxylic acids is 1. The van der Waals surface area contributed by atoms with Crippen LogP contribution >= 0.6 is 11.3 Å². The zero-order valence-electron chi connectivity index (χ0n) is 13.5. The van der Waals surface area contributed by atoms with E-state index in [9.17, 15) is 9.18 Å². The van der Waals surface area contributed by atoms with Crippen LogP contribution in [0.2, 0.25) is 0 Å². The fourth-order valence-electron chi connectivity index (χ4n) is 3.11. The van der Waals surface area contributed by atoms with Crippen molar-refractivity contribution in [1.29, 1.82) is 0 Å². The summed E-state index contributed by atoms with van der Waals surface area (Å²) in [6, 6.07) is 8.79. The number of fused-ring (bicyclic) bond motifs is 1. The Bertz CT molecular complexity index is 910. The lowest BCUT2D eigenvalue weighted by Crippen LogP contribution is -2.37. The number of thiazole rings is 1. The fraction of sp³-hybridized carbons (Fsp3) is 0.211. The summed E-state index contributed by atoms with van der Waals surface area (Å²) in [5.41, 5.74) is 2.97. The van der Waals surface area contributed by atoms with Crippen molar-refractivity contribution in [2.45, 2.75) is 19.3 Å². The number of amides is 1. The molecule has 0 N–H and O–H groups in total. The predicted molar refractivity (Wildman–Crippen MR) is 96.1 cm³/mol. The predicted octanol–water partition coefficient (Wildman–Crippen LogP) is 3.87. The van der Waals surface area contributed by atoms with E-state index in [0.29, 0.717) is 17.9 Å². The number of anilines is 1. The van der Waals surface area contributed by atoms with E-state index in [1.165, 1.54) is 17.4 Å². The van der Waals surface area contributed by atoms with Crippen LogP contribution in [0.5, 0.6) is 0 Å². The molecule has 1 amide bonds. The average molecular weight is 353 g/mol. The van der Waals surface area contributed by atoms with Gasteiger partial charge in [0, 0.05) is 29.9 Å². The standard InChI is InChI=1S/C19H16FN3OS/c20-16-7-1-4-13-6-3-9-23(18(13)16)17(24)10-15-12-25-19(22-15)14-5-2-8-21-11-14/h1-2,4-5,7-8,11-12H,3,6,9-10H2. The second-order valence-corrected chi connectivity index (χ2v) is 6.82. The largest absolute Gasteiger partial charge is 0.309 e. The number of hydrogen-bond acceptors (Lipinski definition) is 4. The molecule has 25 heavy (non-hydrogen) atoms. The zero-order chi connectivity index (χ0) is 17.2. The molecule has 0 aliphatic carbocycles. The topological polar surface area (TPSA) is 46.1 Å². The first-order valence-corrected chi connectivity index (χ1v) is 9.03. The van der Waals surface area contributed by atoms with Gasteiger partial charge < -0.3 is 4.90 Å². The van der Waals surface area contributed by atoms with Crippen molar-refractivity contribution in [3.63, 3.8) is 0 Å². The Morgan fingerprint density at radius 3 is 3.04 bits per heavy atom. The number of aromatic nitrogens is 2. The quantitative estimate of drug-likeness (QED) is 0.718. The molecule has 4 rings (SSSR count). The molecule has 1 aliphatic rings. The fourth-order valence-corrected chi connectivity index (χ4v) is 3.92. The Morgan fingerprint density at radius 1 is 1.28 bits per heavy atom. The lowest BCUT2D eigenvalue weighted by Gasteiger charge is -2.29. The number of hydrogen-bond donors (Lipinski definition) is 0. The van der Waals surface area contributed by atoms with Crippen molar-refractivity contribution in [3.8, 4) is 10.6 Å². The summed E-state index contributed by atoms with van der Waals surface area (Å²) < 4.78 is 14.2. The Kier molecular flexibility index (Phi) is 4.28. The molecule has 1 aromatic carbocycles. The van der Waals surface area contributed by atoms with Crippen LogP contribution in [0.15, 0.2) is 48.1 Å². The Labute approximate surface area is 149 Å². The molecule has 0 radical (unpaired) electrons. The third-order valence-electron chi connectivity index (χ3n) is 4.26. The minimum absolute atomic E-state index is 0.117. The summed E-state index contributed by atoms with van der Waals surface area (Å²) in [5.74, 6) is -0.450. The second kappa shape index (κ2) is 6.72. The first kappa shape index (κ1) is 15.9. The van der Waals surface area contributed by atoms with Crippen molar-refractivity contribution in [1.82, 2.24) is 9.97 Å². The molecular formula is C19H16FN3OS. The van der Waals surface area contributed by atoms with Crippen LogP contribution in [-0.2, 0) is 17.6 Å². The maximum atomic E-state index is 14.2. The Morgan fingerprint density at radius 2 is 2.20 bits per heavy atom. The maximum Gasteiger partial charge on any atom is 0.233 e. The van der Waals surface area contributed by atoms with Gasteiger partial charge in [-0.05, 0) is 36.6 Å². The number of aryl methyl sites for hydroxylation is 1. The smallest absolute Gasteiger partial charge is 0.233 e. The van der Waals surface area contributed by atoms with Gasteiger partial charge in [0.05, 0.1) is 17.8 Å². The number of carbonyl (C=O) groups is 1. The van der Waals surface area contributed by atoms with Crippen LogP contribution in [-0.4, -0.2) is 22.4 Å². The second-order valence-electron chi connectivity index (χ2n) is 5.96. The SMILES string of the molecule is O=C(Cc1csc(-c2cccnc2)n1)N1CCCc2cccc(F)c21. The van der Waals surface area contributed by atoms with Crippen molar-refractivity contribution < 1.29 is 9.18 Å². The van der Waals surface area contributed by atoms with Gasteiger partial charge in [0.2, 0.25) is 5.91 Å². The van der Waals surface area contributed by atoms with Crippen molar-refractivity contribution in [3.05, 3.63) is 65.2 Å². The number of nitrogens with zero attached hydrogens (tertiary/aromatic N) is 3. The molecule has 3 aromatic rings. The molecule has 3 heterocycles. The number of pyridine rings is 1. The lowest BCUT2D eigenvalue weighted by molar-refractivity contribution is -0.118. The molecule has 2 aromatic heterocycles. The monoisotopic (exact) mass is 353 g/mol. The van der Waals surface area contributed by atoms with Gasteiger partial charge in [-0.2, -0.15) is 0 Å². The van der Waals surface area contributed by atoms with Crippen molar-refractivity contribution in [2.75, 3.05) is 11.4 Å². The van der Waals surface area contributed by atoms with E-state index in [4.69, 9.17) is 0 Å². The number of para-hydroxylation sites is 1. The Hall–Kier alpha value is -2.60. The first-order valence-electron chi connectivity index (χ1n) is 8.15. The summed E-state index contributed by atoms with van der Waals surface area (Å²) in [6.07, 6.45) is 5.29. The normalized spacial score (nSPS) is 13.6.